The molecule has 0 aliphatic rings. The van der Waals surface area contributed by atoms with Gasteiger partial charge in [-0.3, -0.25) is 9.55 Å². The number of aryl methyl sites for hydroxylation is 3. The molecule has 0 saturated carbocycles. The van der Waals surface area contributed by atoms with Crippen molar-refractivity contribution >= 4 is 11.8 Å². The summed E-state index contributed by atoms with van der Waals surface area (Å²) in [5.41, 5.74) is 4.42. The highest BCUT2D eigenvalue weighted by Gasteiger charge is 2.17. The van der Waals surface area contributed by atoms with Gasteiger partial charge < -0.3 is 4.52 Å². The van der Waals surface area contributed by atoms with E-state index in [2.05, 4.69) is 61.9 Å². The molecule has 0 amide bonds. The molecule has 3 aromatic heterocycles. The Balaban J connectivity index is 1.76. The lowest BCUT2D eigenvalue weighted by Crippen LogP contribution is -2.01. The van der Waals surface area contributed by atoms with Crippen molar-refractivity contribution in [3.8, 4) is 17.1 Å². The van der Waals surface area contributed by atoms with Gasteiger partial charge in [-0.05, 0) is 56.2 Å². The topological polar surface area (TPSA) is 82.5 Å². The fourth-order valence-corrected chi connectivity index (χ4v) is 3.46. The van der Waals surface area contributed by atoms with Gasteiger partial charge in [-0.15, -0.1) is 10.2 Å². The number of thioether (sulfide) groups is 1. The predicted octanol–water partition coefficient (Wildman–Crippen LogP) is 3.93. The van der Waals surface area contributed by atoms with E-state index in [1.807, 2.05) is 12.1 Å². The largest absolute Gasteiger partial charge is 0.338 e. The Morgan fingerprint density at radius 2 is 1.81 bits per heavy atom. The van der Waals surface area contributed by atoms with Gasteiger partial charge in [0.15, 0.2) is 16.8 Å². The van der Waals surface area contributed by atoms with Gasteiger partial charge in [-0.1, -0.05) is 23.0 Å². The average Bonchev–Trinajstić information content (AvgIpc) is 3.29. The lowest BCUT2D eigenvalue weighted by Gasteiger charge is -2.11. The van der Waals surface area contributed by atoms with Gasteiger partial charge >= 0.3 is 0 Å². The minimum Gasteiger partial charge on any atom is -0.338 e. The first-order valence-electron chi connectivity index (χ1n) is 8.47. The Kier molecular flexibility index (Phi) is 4.72. The van der Waals surface area contributed by atoms with Crippen LogP contribution in [0.25, 0.3) is 17.1 Å². The van der Waals surface area contributed by atoms with E-state index in [0.29, 0.717) is 17.5 Å². The average molecular weight is 378 g/mol. The lowest BCUT2D eigenvalue weighted by molar-refractivity contribution is 0.387. The maximum atomic E-state index is 5.21. The number of nitrogens with zero attached hydrogens (tertiary/aromatic N) is 6. The van der Waals surface area contributed by atoms with Crippen molar-refractivity contribution in [1.82, 2.24) is 29.9 Å². The maximum Gasteiger partial charge on any atom is 0.237 e. The standard InChI is InChI=1S/C19H18N6OS/c1-12-4-5-16(10-13(12)2)25-18(15-6-8-20-9-7-15)22-23-19(25)27-11-17-21-14(3)24-26-17/h4-10H,11H2,1-3H3. The summed E-state index contributed by atoms with van der Waals surface area (Å²) in [5, 5.41) is 13.4. The number of rotatable bonds is 5. The Morgan fingerprint density at radius 1 is 1.00 bits per heavy atom. The van der Waals surface area contributed by atoms with Gasteiger partial charge in [0.1, 0.15) is 0 Å². The summed E-state index contributed by atoms with van der Waals surface area (Å²) in [6.45, 7) is 6.00. The molecule has 0 fully saturated rings. The molecular formula is C19H18N6OS. The summed E-state index contributed by atoms with van der Waals surface area (Å²) in [7, 11) is 0. The summed E-state index contributed by atoms with van der Waals surface area (Å²) in [6, 6.07) is 10.2. The van der Waals surface area contributed by atoms with E-state index >= 15 is 0 Å². The first-order valence-corrected chi connectivity index (χ1v) is 9.46. The zero-order valence-electron chi connectivity index (χ0n) is 15.2. The molecule has 0 saturated heterocycles. The van der Waals surface area contributed by atoms with E-state index in [0.717, 1.165) is 22.2 Å². The minimum atomic E-state index is 0.528. The molecule has 3 heterocycles. The molecule has 0 aliphatic heterocycles. The zero-order valence-corrected chi connectivity index (χ0v) is 16.1. The van der Waals surface area contributed by atoms with E-state index in [1.165, 1.54) is 22.9 Å². The SMILES string of the molecule is Cc1noc(CSc2nnc(-c3ccncc3)n2-c2ccc(C)c(C)c2)n1. The van der Waals surface area contributed by atoms with Gasteiger partial charge in [0.25, 0.3) is 0 Å². The number of aromatic nitrogens is 6. The van der Waals surface area contributed by atoms with Crippen LogP contribution in [-0.2, 0) is 5.75 Å². The highest BCUT2D eigenvalue weighted by Crippen LogP contribution is 2.30. The van der Waals surface area contributed by atoms with Crippen molar-refractivity contribution in [2.45, 2.75) is 31.7 Å². The molecule has 0 unspecified atom stereocenters. The fraction of sp³-hybridized carbons (Fsp3) is 0.211. The molecule has 0 bridgehead atoms. The third kappa shape index (κ3) is 3.61. The van der Waals surface area contributed by atoms with Crippen LogP contribution >= 0.6 is 11.8 Å². The molecule has 8 heteroatoms. The second-order valence-electron chi connectivity index (χ2n) is 6.17. The second kappa shape index (κ2) is 7.32. The molecule has 0 aliphatic carbocycles. The van der Waals surface area contributed by atoms with Gasteiger partial charge in [0.2, 0.25) is 5.89 Å². The van der Waals surface area contributed by atoms with Crippen LogP contribution in [-0.4, -0.2) is 29.9 Å². The van der Waals surface area contributed by atoms with Gasteiger partial charge in [0.05, 0.1) is 11.4 Å². The van der Waals surface area contributed by atoms with E-state index in [-0.39, 0.29) is 0 Å². The summed E-state index contributed by atoms with van der Waals surface area (Å²) in [5.74, 6) is 2.49. The molecule has 4 aromatic rings. The van der Waals surface area contributed by atoms with E-state index in [1.54, 1.807) is 19.3 Å². The molecule has 27 heavy (non-hydrogen) atoms. The smallest absolute Gasteiger partial charge is 0.237 e. The number of hydrogen-bond acceptors (Lipinski definition) is 7. The Hall–Kier alpha value is -3.00. The molecule has 0 radical (unpaired) electrons. The normalized spacial score (nSPS) is 11.1. The number of hydrogen-bond donors (Lipinski definition) is 0. The van der Waals surface area contributed by atoms with Gasteiger partial charge in [-0.2, -0.15) is 4.98 Å². The first kappa shape index (κ1) is 17.4. The van der Waals surface area contributed by atoms with Crippen molar-refractivity contribution < 1.29 is 4.52 Å². The van der Waals surface area contributed by atoms with E-state index < -0.39 is 0 Å². The summed E-state index contributed by atoms with van der Waals surface area (Å²) >= 11 is 1.51. The molecule has 0 spiro atoms. The van der Waals surface area contributed by atoms with Gasteiger partial charge in [0, 0.05) is 18.0 Å². The Bertz CT molecular complexity index is 1070. The van der Waals surface area contributed by atoms with Crippen LogP contribution in [0.1, 0.15) is 22.8 Å². The van der Waals surface area contributed by atoms with Crippen molar-refractivity contribution in [3.05, 3.63) is 65.6 Å². The minimum absolute atomic E-state index is 0.528. The van der Waals surface area contributed by atoms with E-state index in [4.69, 9.17) is 4.52 Å². The molecular weight excluding hydrogens is 360 g/mol. The molecule has 0 N–H and O–H groups in total. The van der Waals surface area contributed by atoms with Crippen molar-refractivity contribution in [2.75, 3.05) is 0 Å². The fourth-order valence-electron chi connectivity index (χ4n) is 2.67. The van der Waals surface area contributed by atoms with Crippen molar-refractivity contribution in [3.63, 3.8) is 0 Å². The zero-order chi connectivity index (χ0) is 18.8. The molecule has 7 nitrogen and oxygen atoms in total. The van der Waals surface area contributed by atoms with Crippen LogP contribution in [0.4, 0.5) is 0 Å². The summed E-state index contributed by atoms with van der Waals surface area (Å²) in [6.07, 6.45) is 3.51. The van der Waals surface area contributed by atoms with Crippen LogP contribution in [0.15, 0.2) is 52.4 Å². The number of pyridine rings is 1. The third-order valence-corrected chi connectivity index (χ3v) is 5.13. The Labute approximate surface area is 160 Å². The predicted molar refractivity (Wildman–Crippen MR) is 103 cm³/mol. The summed E-state index contributed by atoms with van der Waals surface area (Å²) < 4.78 is 7.26. The van der Waals surface area contributed by atoms with Crippen molar-refractivity contribution in [2.24, 2.45) is 0 Å². The Morgan fingerprint density at radius 3 is 2.52 bits per heavy atom. The van der Waals surface area contributed by atoms with Gasteiger partial charge in [-0.25, -0.2) is 0 Å². The highest BCUT2D eigenvalue weighted by atomic mass is 32.2. The third-order valence-electron chi connectivity index (χ3n) is 4.21. The molecule has 4 rings (SSSR count). The monoisotopic (exact) mass is 378 g/mol. The molecule has 0 atom stereocenters. The summed E-state index contributed by atoms with van der Waals surface area (Å²) in [4.78, 5) is 8.35. The quantitative estimate of drug-likeness (QED) is 0.487. The van der Waals surface area contributed by atoms with Crippen molar-refractivity contribution in [1.29, 1.82) is 0 Å². The van der Waals surface area contributed by atoms with Crippen LogP contribution in [0.5, 0.6) is 0 Å². The molecule has 136 valence electrons. The second-order valence-corrected chi connectivity index (χ2v) is 7.11. The van der Waals surface area contributed by atoms with E-state index in [9.17, 15) is 0 Å². The van der Waals surface area contributed by atoms with Crippen LogP contribution in [0.2, 0.25) is 0 Å². The highest BCUT2D eigenvalue weighted by molar-refractivity contribution is 7.98. The van der Waals surface area contributed by atoms with Crippen LogP contribution in [0.3, 0.4) is 0 Å². The van der Waals surface area contributed by atoms with Crippen LogP contribution in [0, 0.1) is 20.8 Å². The van der Waals surface area contributed by atoms with Crippen LogP contribution < -0.4 is 0 Å². The lowest BCUT2D eigenvalue weighted by atomic mass is 10.1. The maximum absolute atomic E-state index is 5.21. The first-order chi connectivity index (χ1) is 13.1. The molecule has 1 aromatic carbocycles. The number of benzene rings is 1.